The van der Waals surface area contributed by atoms with Crippen LogP contribution in [0.1, 0.15) is 96.2 Å². The number of primary amides is 1. The van der Waals surface area contributed by atoms with Crippen molar-refractivity contribution in [3.63, 3.8) is 0 Å². The Kier molecular flexibility index (Phi) is 15.4. The minimum Gasteiger partial charge on any atom is -0.508 e. The van der Waals surface area contributed by atoms with Gasteiger partial charge in [0, 0.05) is 13.0 Å². The van der Waals surface area contributed by atoms with Crippen LogP contribution in [0, 0.1) is 6.92 Å². The standard InChI is InChI=1S/C30H48N4O8/c1-7-8-9-10-11-12-17-34(28(39)22(14-16-24(31)36)33-29(40)42-30(3,4)5)26(27(38)32-19-25(37)41-6)21-13-15-23(35)20(2)18-21/h13,15,18,22,26,35H,7-12,14,16-17,19H2,1-6H3,(H2,31,36)(H,32,38)(H,33,40). The van der Waals surface area contributed by atoms with E-state index in [4.69, 9.17) is 10.5 Å². The van der Waals surface area contributed by atoms with Crippen LogP contribution in [0.4, 0.5) is 4.79 Å². The molecule has 1 rings (SSSR count). The fraction of sp³-hybridized carbons (Fsp3) is 0.633. The van der Waals surface area contributed by atoms with E-state index in [1.165, 1.54) is 24.1 Å². The SMILES string of the molecule is CCCCCCCCN(C(=O)C(CCC(N)=O)NC(=O)OC(C)(C)C)C(C(=O)NCC(=O)OC)c1ccc(O)c(C)c1. The average Bonchev–Trinajstić information content (AvgIpc) is 2.91. The molecule has 1 aromatic carbocycles. The highest BCUT2D eigenvalue weighted by Crippen LogP contribution is 2.28. The molecule has 0 aliphatic carbocycles. The Morgan fingerprint density at radius 3 is 2.26 bits per heavy atom. The Balaban J connectivity index is 3.53. The molecule has 42 heavy (non-hydrogen) atoms. The third-order valence-electron chi connectivity index (χ3n) is 6.44. The molecule has 0 aliphatic heterocycles. The molecule has 2 atom stereocenters. The highest BCUT2D eigenvalue weighted by molar-refractivity contribution is 5.93. The predicted octanol–water partition coefficient (Wildman–Crippen LogP) is 3.38. The molecule has 0 saturated carbocycles. The van der Waals surface area contributed by atoms with Crippen LogP contribution in [0.5, 0.6) is 5.75 Å². The topological polar surface area (TPSA) is 177 Å². The van der Waals surface area contributed by atoms with Crippen molar-refractivity contribution in [2.45, 2.75) is 104 Å². The van der Waals surface area contributed by atoms with Crippen molar-refractivity contribution in [1.82, 2.24) is 15.5 Å². The number of hydrogen-bond donors (Lipinski definition) is 4. The Morgan fingerprint density at radius 1 is 1.05 bits per heavy atom. The van der Waals surface area contributed by atoms with Gasteiger partial charge in [-0.05, 0) is 63.8 Å². The summed E-state index contributed by atoms with van der Waals surface area (Å²) in [5, 5.41) is 15.2. The number of amides is 4. The summed E-state index contributed by atoms with van der Waals surface area (Å²) in [5.41, 5.74) is 5.37. The second-order valence-corrected chi connectivity index (χ2v) is 11.2. The molecule has 4 amide bonds. The molecule has 0 spiro atoms. The van der Waals surface area contributed by atoms with Gasteiger partial charge < -0.3 is 35.8 Å². The number of nitrogens with zero attached hydrogens (tertiary/aromatic N) is 1. The molecule has 0 fully saturated rings. The quantitative estimate of drug-likeness (QED) is 0.157. The number of aromatic hydroxyl groups is 1. The molecule has 0 radical (unpaired) electrons. The first kappa shape index (κ1) is 36.2. The molecule has 236 valence electrons. The number of methoxy groups -OCH3 is 1. The van der Waals surface area contributed by atoms with E-state index in [0.29, 0.717) is 17.5 Å². The van der Waals surface area contributed by atoms with E-state index in [1.807, 2.05) is 0 Å². The zero-order chi connectivity index (χ0) is 31.9. The number of esters is 1. The Labute approximate surface area is 248 Å². The Bertz CT molecular complexity index is 1070. The molecule has 12 nitrogen and oxygen atoms in total. The molecule has 0 aliphatic rings. The monoisotopic (exact) mass is 592 g/mol. The van der Waals surface area contributed by atoms with Crippen molar-refractivity contribution < 1.29 is 38.6 Å². The smallest absolute Gasteiger partial charge is 0.408 e. The second-order valence-electron chi connectivity index (χ2n) is 11.2. The summed E-state index contributed by atoms with van der Waals surface area (Å²) in [6.07, 6.45) is 4.30. The third-order valence-corrected chi connectivity index (χ3v) is 6.44. The molecule has 0 heterocycles. The normalized spacial score (nSPS) is 12.5. The van der Waals surface area contributed by atoms with Crippen molar-refractivity contribution in [2.24, 2.45) is 5.73 Å². The van der Waals surface area contributed by atoms with Crippen molar-refractivity contribution in [3.05, 3.63) is 29.3 Å². The van der Waals surface area contributed by atoms with Gasteiger partial charge >= 0.3 is 12.1 Å². The summed E-state index contributed by atoms with van der Waals surface area (Å²) in [6, 6.07) is 2.06. The van der Waals surface area contributed by atoms with E-state index in [1.54, 1.807) is 33.8 Å². The summed E-state index contributed by atoms with van der Waals surface area (Å²) in [7, 11) is 1.19. The van der Waals surface area contributed by atoms with Crippen molar-refractivity contribution in [1.29, 1.82) is 0 Å². The second kappa shape index (κ2) is 17.9. The number of phenols is 1. The molecule has 5 N–H and O–H groups in total. The van der Waals surface area contributed by atoms with Crippen molar-refractivity contribution >= 4 is 29.8 Å². The summed E-state index contributed by atoms with van der Waals surface area (Å²) in [6.45, 7) is 8.50. The predicted molar refractivity (Wildman–Crippen MR) is 157 cm³/mol. The average molecular weight is 593 g/mol. The number of benzene rings is 1. The van der Waals surface area contributed by atoms with Crippen LogP contribution in [0.3, 0.4) is 0 Å². The van der Waals surface area contributed by atoms with E-state index in [-0.39, 0.29) is 25.1 Å². The maximum absolute atomic E-state index is 14.2. The summed E-state index contributed by atoms with van der Waals surface area (Å²) >= 11 is 0. The number of aryl methyl sites for hydroxylation is 1. The number of hydrogen-bond acceptors (Lipinski definition) is 8. The lowest BCUT2D eigenvalue weighted by Gasteiger charge is -2.34. The molecular formula is C30H48N4O8. The van der Waals surface area contributed by atoms with Crippen LogP contribution >= 0.6 is 0 Å². The maximum atomic E-state index is 14.2. The lowest BCUT2D eigenvalue weighted by atomic mass is 9.99. The third kappa shape index (κ3) is 13.2. The molecular weight excluding hydrogens is 544 g/mol. The van der Waals surface area contributed by atoms with Crippen molar-refractivity contribution in [2.75, 3.05) is 20.2 Å². The van der Waals surface area contributed by atoms with E-state index in [0.717, 1.165) is 32.1 Å². The fourth-order valence-electron chi connectivity index (χ4n) is 4.27. The molecule has 0 saturated heterocycles. The highest BCUT2D eigenvalue weighted by Gasteiger charge is 2.36. The van der Waals surface area contributed by atoms with Gasteiger partial charge in [0.05, 0.1) is 7.11 Å². The maximum Gasteiger partial charge on any atom is 0.408 e. The van der Waals surface area contributed by atoms with Gasteiger partial charge in [-0.2, -0.15) is 0 Å². The van der Waals surface area contributed by atoms with E-state index < -0.39 is 54.0 Å². The minimum atomic E-state index is -1.23. The van der Waals surface area contributed by atoms with Gasteiger partial charge in [-0.3, -0.25) is 19.2 Å². The van der Waals surface area contributed by atoms with Gasteiger partial charge in [0.15, 0.2) is 0 Å². The number of ether oxygens (including phenoxy) is 2. The van der Waals surface area contributed by atoms with E-state index >= 15 is 0 Å². The fourth-order valence-corrected chi connectivity index (χ4v) is 4.27. The van der Waals surface area contributed by atoms with Gasteiger partial charge in [-0.15, -0.1) is 0 Å². The number of phenolic OH excluding ortho intramolecular Hbond substituents is 1. The first-order valence-corrected chi connectivity index (χ1v) is 14.4. The highest BCUT2D eigenvalue weighted by atomic mass is 16.6. The minimum absolute atomic E-state index is 0.00666. The zero-order valence-corrected chi connectivity index (χ0v) is 25.8. The van der Waals surface area contributed by atoms with E-state index in [2.05, 4.69) is 22.3 Å². The number of nitrogens with two attached hydrogens (primary N) is 1. The molecule has 1 aromatic rings. The van der Waals surface area contributed by atoms with Gasteiger partial charge in [0.1, 0.15) is 30.0 Å². The number of nitrogens with one attached hydrogen (secondary N) is 2. The lowest BCUT2D eigenvalue weighted by molar-refractivity contribution is -0.145. The molecule has 0 bridgehead atoms. The van der Waals surface area contributed by atoms with Crippen LogP contribution in [0.2, 0.25) is 0 Å². The van der Waals surface area contributed by atoms with E-state index in [9.17, 15) is 29.1 Å². The van der Waals surface area contributed by atoms with Crippen LogP contribution in [0.15, 0.2) is 18.2 Å². The zero-order valence-electron chi connectivity index (χ0n) is 25.8. The molecule has 2 unspecified atom stereocenters. The van der Waals surface area contributed by atoms with Crippen LogP contribution in [-0.2, 0) is 28.7 Å². The van der Waals surface area contributed by atoms with Gasteiger partial charge in [0.2, 0.25) is 17.7 Å². The van der Waals surface area contributed by atoms with Crippen LogP contribution in [0.25, 0.3) is 0 Å². The largest absolute Gasteiger partial charge is 0.508 e. The summed E-state index contributed by atoms with van der Waals surface area (Å²) < 4.78 is 9.99. The Morgan fingerprint density at radius 2 is 1.69 bits per heavy atom. The lowest BCUT2D eigenvalue weighted by Crippen LogP contribution is -2.53. The number of alkyl carbamates (subject to hydrolysis) is 1. The number of unbranched alkanes of at least 4 members (excludes halogenated alkanes) is 5. The summed E-state index contributed by atoms with van der Waals surface area (Å²) in [4.78, 5) is 65.3. The van der Waals surface area contributed by atoms with Crippen LogP contribution < -0.4 is 16.4 Å². The first-order chi connectivity index (χ1) is 19.7. The summed E-state index contributed by atoms with van der Waals surface area (Å²) in [5.74, 6) is -2.62. The van der Waals surface area contributed by atoms with Gasteiger partial charge in [0.25, 0.3) is 0 Å². The number of carbonyl (C=O) groups is 5. The molecule has 12 heteroatoms. The van der Waals surface area contributed by atoms with Gasteiger partial charge in [-0.1, -0.05) is 45.1 Å². The number of rotatable bonds is 17. The molecule has 0 aromatic heterocycles. The number of carbonyl (C=O) groups excluding carboxylic acids is 5. The van der Waals surface area contributed by atoms with Crippen LogP contribution in [-0.4, -0.2) is 71.6 Å². The van der Waals surface area contributed by atoms with Crippen molar-refractivity contribution in [3.8, 4) is 5.75 Å². The van der Waals surface area contributed by atoms with Gasteiger partial charge in [-0.25, -0.2) is 4.79 Å². The first-order valence-electron chi connectivity index (χ1n) is 14.4. The Hall–Kier alpha value is -3.83.